The van der Waals surface area contributed by atoms with Crippen molar-refractivity contribution in [3.63, 3.8) is 0 Å². The van der Waals surface area contributed by atoms with Crippen LogP contribution in [0.2, 0.25) is 0 Å². The second-order valence-corrected chi connectivity index (χ2v) is 7.43. The van der Waals surface area contributed by atoms with Crippen LogP contribution in [0, 0.1) is 5.41 Å². The summed E-state index contributed by atoms with van der Waals surface area (Å²) in [4.78, 5) is 22.8. The van der Waals surface area contributed by atoms with Crippen molar-refractivity contribution in [3.8, 4) is 0 Å². The Hall–Kier alpha value is -1.35. The highest BCUT2D eigenvalue weighted by Crippen LogP contribution is 2.28. The van der Waals surface area contributed by atoms with Gasteiger partial charge in [0.15, 0.2) is 0 Å². The molecule has 116 valence electrons. The first kappa shape index (κ1) is 16.7. The van der Waals surface area contributed by atoms with Gasteiger partial charge in [0.25, 0.3) is 0 Å². The van der Waals surface area contributed by atoms with Crippen molar-refractivity contribution in [2.75, 3.05) is 31.8 Å². The number of urea groups is 1. The van der Waals surface area contributed by atoms with Gasteiger partial charge in [-0.2, -0.15) is 0 Å². The highest BCUT2D eigenvalue weighted by molar-refractivity contribution is 7.90. The van der Waals surface area contributed by atoms with Crippen molar-refractivity contribution in [2.24, 2.45) is 5.41 Å². The minimum absolute atomic E-state index is 0.00728. The lowest BCUT2D eigenvalue weighted by atomic mass is 9.85. The van der Waals surface area contributed by atoms with Crippen LogP contribution < -0.4 is 10.6 Å². The van der Waals surface area contributed by atoms with Crippen LogP contribution in [0.5, 0.6) is 0 Å². The maximum absolute atomic E-state index is 11.6. The molecule has 0 radical (unpaired) electrons. The molecule has 2 unspecified atom stereocenters. The molecule has 1 aliphatic heterocycles. The molecule has 1 saturated heterocycles. The van der Waals surface area contributed by atoms with Crippen LogP contribution in [0.25, 0.3) is 0 Å². The number of carboxylic acid groups (broad SMARTS) is 1. The fraction of sp³-hybridized carbons (Fsp3) is 0.818. The zero-order valence-electron chi connectivity index (χ0n) is 11.5. The Balaban J connectivity index is 2.37. The average Bonchev–Trinajstić information content (AvgIpc) is 2.67. The second kappa shape index (κ2) is 6.40. The Labute approximate surface area is 117 Å². The molecule has 2 atom stereocenters. The van der Waals surface area contributed by atoms with Gasteiger partial charge in [0.05, 0.1) is 25.0 Å². The van der Waals surface area contributed by atoms with E-state index in [2.05, 4.69) is 10.6 Å². The minimum Gasteiger partial charge on any atom is -0.481 e. The van der Waals surface area contributed by atoms with E-state index in [4.69, 9.17) is 9.84 Å². The number of sulfone groups is 1. The first-order valence-electron chi connectivity index (χ1n) is 6.18. The summed E-state index contributed by atoms with van der Waals surface area (Å²) in [5, 5.41) is 14.2. The molecule has 1 rings (SSSR count). The van der Waals surface area contributed by atoms with Crippen molar-refractivity contribution in [2.45, 2.75) is 19.4 Å². The van der Waals surface area contributed by atoms with Crippen molar-refractivity contribution in [1.29, 1.82) is 0 Å². The van der Waals surface area contributed by atoms with Gasteiger partial charge in [-0.05, 0) is 13.3 Å². The van der Waals surface area contributed by atoms with Crippen molar-refractivity contribution in [3.05, 3.63) is 0 Å². The zero-order valence-corrected chi connectivity index (χ0v) is 12.3. The number of amides is 2. The predicted molar refractivity (Wildman–Crippen MR) is 71.2 cm³/mol. The molecular formula is C11H20N2O6S. The van der Waals surface area contributed by atoms with Gasteiger partial charge in [0.2, 0.25) is 0 Å². The molecule has 0 aliphatic carbocycles. The summed E-state index contributed by atoms with van der Waals surface area (Å²) in [6, 6.07) is -1.14. The summed E-state index contributed by atoms with van der Waals surface area (Å²) in [7, 11) is -3.04. The number of ether oxygens (including phenoxy) is 1. The van der Waals surface area contributed by atoms with E-state index < -0.39 is 33.3 Å². The lowest BCUT2D eigenvalue weighted by Gasteiger charge is -2.25. The Bertz CT molecular complexity index is 477. The number of hydrogen-bond donors (Lipinski definition) is 3. The van der Waals surface area contributed by atoms with Gasteiger partial charge in [-0.1, -0.05) is 0 Å². The van der Waals surface area contributed by atoms with Crippen LogP contribution in [-0.2, 0) is 19.4 Å². The Kier molecular flexibility index (Phi) is 5.35. The summed E-state index contributed by atoms with van der Waals surface area (Å²) in [6.45, 7) is 1.90. The van der Waals surface area contributed by atoms with Crippen molar-refractivity contribution >= 4 is 21.8 Å². The number of carboxylic acids is 1. The van der Waals surface area contributed by atoms with E-state index in [1.165, 1.54) is 6.92 Å². The van der Waals surface area contributed by atoms with Gasteiger partial charge in [0, 0.05) is 12.8 Å². The van der Waals surface area contributed by atoms with E-state index in [0.29, 0.717) is 6.42 Å². The van der Waals surface area contributed by atoms with E-state index in [-0.39, 0.29) is 25.5 Å². The standard InChI is InChI=1S/C11H20N2O6S/c1-11(9(14)15)7-19-6-8(11)13-10(16)12-4-3-5-20(2,17)18/h8H,3-7H2,1-2H3,(H,14,15)(H2,12,13,16). The molecule has 0 saturated carbocycles. The van der Waals surface area contributed by atoms with E-state index in [1.54, 1.807) is 0 Å². The molecule has 0 spiro atoms. The molecular weight excluding hydrogens is 288 g/mol. The van der Waals surface area contributed by atoms with Crippen LogP contribution in [0.4, 0.5) is 4.79 Å². The van der Waals surface area contributed by atoms with Crippen LogP contribution in [-0.4, -0.2) is 63.3 Å². The predicted octanol–water partition coefficient (Wildman–Crippen LogP) is -0.790. The van der Waals surface area contributed by atoms with E-state index in [0.717, 1.165) is 6.26 Å². The number of hydrogen-bond acceptors (Lipinski definition) is 5. The average molecular weight is 308 g/mol. The second-order valence-electron chi connectivity index (χ2n) is 5.17. The smallest absolute Gasteiger partial charge is 0.315 e. The lowest BCUT2D eigenvalue weighted by molar-refractivity contribution is -0.148. The number of nitrogens with one attached hydrogen (secondary N) is 2. The third-order valence-corrected chi connectivity index (χ3v) is 4.26. The Morgan fingerprint density at radius 1 is 1.45 bits per heavy atom. The Morgan fingerprint density at radius 3 is 2.65 bits per heavy atom. The van der Waals surface area contributed by atoms with Crippen molar-refractivity contribution in [1.82, 2.24) is 10.6 Å². The van der Waals surface area contributed by atoms with Gasteiger partial charge < -0.3 is 20.5 Å². The number of aliphatic carboxylic acids is 1. The molecule has 20 heavy (non-hydrogen) atoms. The highest BCUT2D eigenvalue weighted by Gasteiger charge is 2.47. The van der Waals surface area contributed by atoms with E-state index >= 15 is 0 Å². The molecule has 0 aromatic heterocycles. The van der Waals surface area contributed by atoms with Crippen LogP contribution in [0.15, 0.2) is 0 Å². The first-order valence-corrected chi connectivity index (χ1v) is 8.24. The molecule has 1 aliphatic rings. The van der Waals surface area contributed by atoms with Gasteiger partial charge in [0.1, 0.15) is 15.3 Å². The maximum atomic E-state index is 11.6. The fourth-order valence-electron chi connectivity index (χ4n) is 1.83. The summed E-state index contributed by atoms with van der Waals surface area (Å²) in [5.74, 6) is -1.04. The first-order chi connectivity index (χ1) is 9.15. The number of rotatable bonds is 6. The minimum atomic E-state index is -3.04. The normalized spacial score (nSPS) is 26.2. The topological polar surface area (TPSA) is 122 Å². The summed E-state index contributed by atoms with van der Waals surface area (Å²) in [6.07, 6.45) is 1.44. The lowest BCUT2D eigenvalue weighted by Crippen LogP contribution is -2.52. The molecule has 1 fully saturated rings. The van der Waals surface area contributed by atoms with Crippen LogP contribution >= 0.6 is 0 Å². The molecule has 9 heteroatoms. The summed E-state index contributed by atoms with van der Waals surface area (Å²) >= 11 is 0. The zero-order chi connectivity index (χ0) is 15.4. The SMILES string of the molecule is CC1(C(=O)O)COCC1NC(=O)NCCCS(C)(=O)=O. The van der Waals surface area contributed by atoms with E-state index in [1.807, 2.05) is 0 Å². The highest BCUT2D eigenvalue weighted by atomic mass is 32.2. The van der Waals surface area contributed by atoms with E-state index in [9.17, 15) is 18.0 Å². The third-order valence-electron chi connectivity index (χ3n) is 3.23. The number of carbonyl (C=O) groups is 2. The van der Waals surface area contributed by atoms with Gasteiger partial charge in [-0.3, -0.25) is 4.79 Å². The molecule has 2 amide bonds. The van der Waals surface area contributed by atoms with Crippen LogP contribution in [0.1, 0.15) is 13.3 Å². The Morgan fingerprint density at radius 2 is 2.10 bits per heavy atom. The van der Waals surface area contributed by atoms with Gasteiger partial charge >= 0.3 is 12.0 Å². The molecule has 8 nitrogen and oxygen atoms in total. The maximum Gasteiger partial charge on any atom is 0.315 e. The molecule has 0 bridgehead atoms. The van der Waals surface area contributed by atoms with Gasteiger partial charge in [-0.15, -0.1) is 0 Å². The van der Waals surface area contributed by atoms with Crippen molar-refractivity contribution < 1.29 is 27.9 Å². The summed E-state index contributed by atoms with van der Waals surface area (Å²) < 4.78 is 26.9. The molecule has 3 N–H and O–H groups in total. The summed E-state index contributed by atoms with van der Waals surface area (Å²) in [5.41, 5.74) is -1.15. The fourth-order valence-corrected chi connectivity index (χ4v) is 2.50. The van der Waals surface area contributed by atoms with Crippen LogP contribution in [0.3, 0.4) is 0 Å². The number of carbonyl (C=O) groups excluding carboxylic acids is 1. The third kappa shape index (κ3) is 4.64. The monoisotopic (exact) mass is 308 g/mol. The quantitative estimate of drug-likeness (QED) is 0.553. The molecule has 1 heterocycles. The largest absolute Gasteiger partial charge is 0.481 e. The molecule has 0 aromatic rings. The molecule has 0 aromatic carbocycles. The van der Waals surface area contributed by atoms with Gasteiger partial charge in [-0.25, -0.2) is 13.2 Å².